The quantitative estimate of drug-likeness (QED) is 0.927. The number of rotatable bonds is 4. The van der Waals surface area contributed by atoms with Crippen molar-refractivity contribution in [3.05, 3.63) is 40.3 Å². The molecule has 0 aliphatic carbocycles. The highest BCUT2D eigenvalue weighted by Gasteiger charge is 2.15. The van der Waals surface area contributed by atoms with E-state index in [4.69, 9.17) is 0 Å². The van der Waals surface area contributed by atoms with Gasteiger partial charge in [-0.15, -0.1) is 0 Å². The predicted molar refractivity (Wildman–Crippen MR) is 72.5 cm³/mol. The molecule has 0 aliphatic heterocycles. The first-order chi connectivity index (χ1) is 9.45. The van der Waals surface area contributed by atoms with Gasteiger partial charge in [0.1, 0.15) is 18.1 Å². The maximum absolute atomic E-state index is 12.5. The van der Waals surface area contributed by atoms with Crippen LogP contribution in [0.1, 0.15) is 17.8 Å². The van der Waals surface area contributed by atoms with Crippen LogP contribution in [-0.2, 0) is 11.3 Å². The van der Waals surface area contributed by atoms with Crippen LogP contribution in [0.3, 0.4) is 0 Å². The molecule has 106 valence electrons. The van der Waals surface area contributed by atoms with Gasteiger partial charge in [0.25, 0.3) is 6.43 Å². The molecule has 2 heterocycles. The van der Waals surface area contributed by atoms with E-state index >= 15 is 0 Å². The van der Waals surface area contributed by atoms with Crippen LogP contribution >= 0.6 is 15.9 Å². The van der Waals surface area contributed by atoms with Crippen molar-refractivity contribution in [1.29, 1.82) is 0 Å². The Kier molecular flexibility index (Phi) is 4.43. The maximum atomic E-state index is 12.5. The summed E-state index contributed by atoms with van der Waals surface area (Å²) in [6.07, 6.45) is -1.10. The SMILES string of the molecule is Cc1cc(C(F)F)nn1CC(=O)Nc1ccc(Br)cn1. The van der Waals surface area contributed by atoms with Crippen molar-refractivity contribution in [2.24, 2.45) is 0 Å². The summed E-state index contributed by atoms with van der Waals surface area (Å²) < 4.78 is 27.0. The van der Waals surface area contributed by atoms with Gasteiger partial charge in [-0.25, -0.2) is 13.8 Å². The Balaban J connectivity index is 2.02. The van der Waals surface area contributed by atoms with Gasteiger partial charge in [-0.05, 0) is 41.1 Å². The molecule has 2 rings (SSSR count). The number of halogens is 3. The molecule has 2 aromatic rings. The molecule has 0 unspecified atom stereocenters. The molecule has 0 fully saturated rings. The zero-order valence-electron chi connectivity index (χ0n) is 10.5. The molecule has 0 aromatic carbocycles. The van der Waals surface area contributed by atoms with E-state index in [0.717, 1.165) is 4.47 Å². The Morgan fingerprint density at radius 1 is 1.50 bits per heavy atom. The number of amides is 1. The minimum absolute atomic E-state index is 0.143. The highest BCUT2D eigenvalue weighted by Crippen LogP contribution is 2.18. The average molecular weight is 345 g/mol. The monoisotopic (exact) mass is 344 g/mol. The first kappa shape index (κ1) is 14.6. The van der Waals surface area contributed by atoms with E-state index in [-0.39, 0.29) is 18.1 Å². The normalized spacial score (nSPS) is 10.8. The van der Waals surface area contributed by atoms with Gasteiger partial charge in [0.05, 0.1) is 0 Å². The van der Waals surface area contributed by atoms with E-state index in [2.05, 4.69) is 31.3 Å². The molecular formula is C12H11BrF2N4O. The molecule has 0 radical (unpaired) electrons. The molecule has 1 amide bonds. The van der Waals surface area contributed by atoms with Crippen molar-refractivity contribution in [3.63, 3.8) is 0 Å². The molecule has 20 heavy (non-hydrogen) atoms. The summed E-state index contributed by atoms with van der Waals surface area (Å²) in [5.41, 5.74) is 0.163. The predicted octanol–water partition coefficient (Wildman–Crippen LogP) is 2.93. The molecule has 0 saturated carbocycles. The largest absolute Gasteiger partial charge is 0.309 e. The van der Waals surface area contributed by atoms with Crippen LogP contribution in [0, 0.1) is 6.92 Å². The number of hydrogen-bond acceptors (Lipinski definition) is 3. The Bertz CT molecular complexity index is 612. The van der Waals surface area contributed by atoms with Crippen molar-refractivity contribution < 1.29 is 13.6 Å². The number of hydrogen-bond donors (Lipinski definition) is 1. The number of carbonyl (C=O) groups excluding carboxylic acids is 1. The maximum Gasteiger partial charge on any atom is 0.282 e. The molecule has 0 spiro atoms. The van der Waals surface area contributed by atoms with E-state index in [9.17, 15) is 13.6 Å². The highest BCUT2D eigenvalue weighted by atomic mass is 79.9. The molecule has 5 nitrogen and oxygen atoms in total. The Labute approximate surface area is 122 Å². The minimum atomic E-state index is -2.65. The Morgan fingerprint density at radius 2 is 2.25 bits per heavy atom. The van der Waals surface area contributed by atoms with Crippen LogP contribution in [0.25, 0.3) is 0 Å². The fourth-order valence-corrected chi connectivity index (χ4v) is 1.81. The fraction of sp³-hybridized carbons (Fsp3) is 0.250. The second-order valence-corrected chi connectivity index (χ2v) is 4.99. The van der Waals surface area contributed by atoms with Crippen molar-refractivity contribution >= 4 is 27.7 Å². The smallest absolute Gasteiger partial charge is 0.282 e. The summed E-state index contributed by atoms with van der Waals surface area (Å²) >= 11 is 3.23. The molecule has 8 heteroatoms. The van der Waals surface area contributed by atoms with Crippen LogP contribution in [0.15, 0.2) is 28.9 Å². The van der Waals surface area contributed by atoms with Crippen molar-refractivity contribution in [3.8, 4) is 0 Å². The van der Waals surface area contributed by atoms with E-state index in [0.29, 0.717) is 11.5 Å². The summed E-state index contributed by atoms with van der Waals surface area (Å²) in [5, 5.41) is 6.25. The molecule has 0 aliphatic rings. The van der Waals surface area contributed by atoms with Gasteiger partial charge in [-0.1, -0.05) is 0 Å². The second-order valence-electron chi connectivity index (χ2n) is 4.08. The fourth-order valence-electron chi connectivity index (χ4n) is 1.57. The molecule has 1 N–H and O–H groups in total. The number of aryl methyl sites for hydroxylation is 1. The van der Waals surface area contributed by atoms with Gasteiger partial charge < -0.3 is 5.32 Å². The van der Waals surface area contributed by atoms with Crippen molar-refractivity contribution in [2.75, 3.05) is 5.32 Å². The van der Waals surface area contributed by atoms with Gasteiger partial charge in [0.2, 0.25) is 5.91 Å². The lowest BCUT2D eigenvalue weighted by atomic mass is 10.4. The van der Waals surface area contributed by atoms with Crippen molar-refractivity contribution in [1.82, 2.24) is 14.8 Å². The van der Waals surface area contributed by atoms with E-state index in [1.54, 1.807) is 25.3 Å². The summed E-state index contributed by atoms with van der Waals surface area (Å²) in [6.45, 7) is 1.47. The van der Waals surface area contributed by atoms with Gasteiger partial charge in [-0.3, -0.25) is 9.48 Å². The van der Waals surface area contributed by atoms with Gasteiger partial charge in [-0.2, -0.15) is 5.10 Å². The molecule has 0 atom stereocenters. The van der Waals surface area contributed by atoms with Gasteiger partial charge in [0, 0.05) is 16.4 Å². The Morgan fingerprint density at radius 3 is 2.80 bits per heavy atom. The summed E-state index contributed by atoms with van der Waals surface area (Å²) in [4.78, 5) is 15.8. The minimum Gasteiger partial charge on any atom is -0.309 e. The summed E-state index contributed by atoms with van der Waals surface area (Å²) in [5.74, 6) is 0.00364. The topological polar surface area (TPSA) is 59.8 Å². The number of nitrogens with one attached hydrogen (secondary N) is 1. The van der Waals surface area contributed by atoms with E-state index in [1.165, 1.54) is 10.7 Å². The standard InChI is InChI=1S/C12H11BrF2N4O/c1-7-4-9(12(14)15)18-19(7)6-11(20)17-10-3-2-8(13)5-16-10/h2-5,12H,6H2,1H3,(H,16,17,20). The Hall–Kier alpha value is -1.83. The van der Waals surface area contributed by atoms with Crippen LogP contribution in [0.2, 0.25) is 0 Å². The van der Waals surface area contributed by atoms with Gasteiger partial charge in [0.15, 0.2) is 0 Å². The van der Waals surface area contributed by atoms with Crippen LogP contribution in [-0.4, -0.2) is 20.7 Å². The first-order valence-corrected chi connectivity index (χ1v) is 6.49. The number of alkyl halides is 2. The lowest BCUT2D eigenvalue weighted by Gasteiger charge is -2.06. The third-order valence-electron chi connectivity index (χ3n) is 2.51. The van der Waals surface area contributed by atoms with E-state index in [1.807, 2.05) is 0 Å². The second kappa shape index (κ2) is 6.08. The summed E-state index contributed by atoms with van der Waals surface area (Å²) in [6, 6.07) is 4.62. The van der Waals surface area contributed by atoms with E-state index < -0.39 is 6.43 Å². The van der Waals surface area contributed by atoms with Crippen LogP contribution < -0.4 is 5.32 Å². The van der Waals surface area contributed by atoms with Crippen LogP contribution in [0.4, 0.5) is 14.6 Å². The number of aromatic nitrogens is 3. The number of carbonyl (C=O) groups is 1. The lowest BCUT2D eigenvalue weighted by Crippen LogP contribution is -2.20. The average Bonchev–Trinajstić information content (AvgIpc) is 2.74. The molecule has 2 aromatic heterocycles. The number of nitrogens with zero attached hydrogens (tertiary/aromatic N) is 3. The molecule has 0 bridgehead atoms. The van der Waals surface area contributed by atoms with Crippen molar-refractivity contribution in [2.45, 2.75) is 19.9 Å². The first-order valence-electron chi connectivity index (χ1n) is 5.69. The molecular weight excluding hydrogens is 334 g/mol. The number of pyridine rings is 1. The zero-order chi connectivity index (χ0) is 14.7. The summed E-state index contributed by atoms with van der Waals surface area (Å²) in [7, 11) is 0. The molecule has 0 saturated heterocycles. The van der Waals surface area contributed by atoms with Gasteiger partial charge >= 0.3 is 0 Å². The lowest BCUT2D eigenvalue weighted by molar-refractivity contribution is -0.117. The van der Waals surface area contributed by atoms with Crippen LogP contribution in [0.5, 0.6) is 0 Å². The zero-order valence-corrected chi connectivity index (χ0v) is 12.1. The third kappa shape index (κ3) is 3.60. The highest BCUT2D eigenvalue weighted by molar-refractivity contribution is 9.10. The number of anilines is 1. The third-order valence-corrected chi connectivity index (χ3v) is 2.98.